The zero-order valence-electron chi connectivity index (χ0n) is 11.7. The van der Waals surface area contributed by atoms with Crippen molar-refractivity contribution in [2.45, 2.75) is 13.0 Å². The molecule has 0 aromatic carbocycles. The number of pyridine rings is 1. The number of hydrogen-bond acceptors (Lipinski definition) is 5. The van der Waals surface area contributed by atoms with E-state index in [1.54, 1.807) is 4.90 Å². The van der Waals surface area contributed by atoms with Gasteiger partial charge in [0.2, 0.25) is 0 Å². The Morgan fingerprint density at radius 2 is 2.10 bits per heavy atom. The van der Waals surface area contributed by atoms with Gasteiger partial charge in [0.25, 0.3) is 5.91 Å². The highest BCUT2D eigenvalue weighted by atomic mass is 19.1. The average Bonchev–Trinajstić information content (AvgIpc) is 2.53. The van der Waals surface area contributed by atoms with Gasteiger partial charge in [0, 0.05) is 32.4 Å². The summed E-state index contributed by atoms with van der Waals surface area (Å²) in [7, 11) is 0. The molecule has 3 N–H and O–H groups in total. The fourth-order valence-electron chi connectivity index (χ4n) is 2.29. The Kier molecular flexibility index (Phi) is 4.69. The maximum Gasteiger partial charge on any atom is 0.255 e. The SMILES string of the molecule is CC(/C(N)=N/O)N1CCN(C(=O)c2cncc(F)c2)CC1. The number of carbonyl (C=O) groups is 1. The summed E-state index contributed by atoms with van der Waals surface area (Å²) in [6, 6.07) is 0.990. The highest BCUT2D eigenvalue weighted by molar-refractivity contribution is 5.94. The number of hydrogen-bond donors (Lipinski definition) is 2. The summed E-state index contributed by atoms with van der Waals surface area (Å²) in [6.07, 6.45) is 2.42. The maximum absolute atomic E-state index is 13.1. The smallest absolute Gasteiger partial charge is 0.255 e. The van der Waals surface area contributed by atoms with Crippen LogP contribution in [0.1, 0.15) is 17.3 Å². The predicted octanol–water partition coefficient (Wildman–Crippen LogP) is 0.113. The number of nitrogens with zero attached hydrogens (tertiary/aromatic N) is 4. The van der Waals surface area contributed by atoms with Crippen LogP contribution in [0, 0.1) is 5.82 Å². The minimum atomic E-state index is -0.528. The first-order valence-electron chi connectivity index (χ1n) is 6.64. The number of rotatable bonds is 3. The number of aromatic nitrogens is 1. The van der Waals surface area contributed by atoms with Crippen LogP contribution in [0.15, 0.2) is 23.6 Å². The second kappa shape index (κ2) is 6.49. The van der Waals surface area contributed by atoms with E-state index in [9.17, 15) is 9.18 Å². The number of halogens is 1. The molecule has 1 aromatic rings. The Morgan fingerprint density at radius 3 is 2.67 bits per heavy atom. The fraction of sp³-hybridized carbons (Fsp3) is 0.462. The molecular formula is C13H18FN5O2. The molecule has 21 heavy (non-hydrogen) atoms. The lowest BCUT2D eigenvalue weighted by molar-refractivity contribution is 0.0618. The van der Waals surface area contributed by atoms with Crippen LogP contribution in [-0.4, -0.2) is 64.0 Å². The lowest BCUT2D eigenvalue weighted by atomic mass is 10.2. The summed E-state index contributed by atoms with van der Waals surface area (Å²) < 4.78 is 13.1. The van der Waals surface area contributed by atoms with E-state index in [0.717, 1.165) is 6.20 Å². The van der Waals surface area contributed by atoms with Crippen LogP contribution in [0.5, 0.6) is 0 Å². The van der Waals surface area contributed by atoms with Crippen molar-refractivity contribution in [2.75, 3.05) is 26.2 Å². The van der Waals surface area contributed by atoms with Crippen LogP contribution in [0.4, 0.5) is 4.39 Å². The highest BCUT2D eigenvalue weighted by Gasteiger charge is 2.26. The van der Waals surface area contributed by atoms with E-state index < -0.39 is 5.82 Å². The quantitative estimate of drug-likeness (QED) is 0.357. The van der Waals surface area contributed by atoms with E-state index >= 15 is 0 Å². The number of nitrogens with two attached hydrogens (primary N) is 1. The largest absolute Gasteiger partial charge is 0.409 e. The molecule has 1 aliphatic heterocycles. The lowest BCUT2D eigenvalue weighted by Crippen LogP contribution is -2.54. The van der Waals surface area contributed by atoms with Gasteiger partial charge in [-0.1, -0.05) is 5.16 Å². The molecular weight excluding hydrogens is 277 g/mol. The predicted molar refractivity (Wildman–Crippen MR) is 74.5 cm³/mol. The summed E-state index contributed by atoms with van der Waals surface area (Å²) in [5.74, 6) is -0.623. The Bertz CT molecular complexity index is 543. The molecule has 1 aromatic heterocycles. The molecule has 0 bridgehead atoms. The third kappa shape index (κ3) is 3.46. The Balaban J connectivity index is 1.96. The third-order valence-corrected chi connectivity index (χ3v) is 3.64. The molecule has 8 heteroatoms. The summed E-state index contributed by atoms with van der Waals surface area (Å²) in [4.78, 5) is 19.6. The van der Waals surface area contributed by atoms with E-state index in [4.69, 9.17) is 10.9 Å². The number of amidine groups is 1. The van der Waals surface area contributed by atoms with Crippen molar-refractivity contribution in [1.29, 1.82) is 0 Å². The summed E-state index contributed by atoms with van der Waals surface area (Å²) in [6.45, 7) is 4.04. The molecule has 2 heterocycles. The van der Waals surface area contributed by atoms with E-state index in [0.29, 0.717) is 26.2 Å². The van der Waals surface area contributed by atoms with Gasteiger partial charge in [-0.3, -0.25) is 14.7 Å². The molecule has 1 unspecified atom stereocenters. The first kappa shape index (κ1) is 15.2. The summed E-state index contributed by atoms with van der Waals surface area (Å²) in [5, 5.41) is 11.7. The molecule has 7 nitrogen and oxygen atoms in total. The van der Waals surface area contributed by atoms with Crippen molar-refractivity contribution in [2.24, 2.45) is 10.9 Å². The monoisotopic (exact) mass is 295 g/mol. The molecule has 0 saturated carbocycles. The zero-order chi connectivity index (χ0) is 15.4. The van der Waals surface area contributed by atoms with E-state index in [2.05, 4.69) is 10.1 Å². The molecule has 1 saturated heterocycles. The fourth-order valence-corrected chi connectivity index (χ4v) is 2.29. The van der Waals surface area contributed by atoms with E-state index in [1.807, 2.05) is 11.8 Å². The van der Waals surface area contributed by atoms with Crippen LogP contribution in [0.3, 0.4) is 0 Å². The lowest BCUT2D eigenvalue weighted by Gasteiger charge is -2.37. The van der Waals surface area contributed by atoms with Gasteiger partial charge in [-0.2, -0.15) is 0 Å². The second-order valence-corrected chi connectivity index (χ2v) is 4.92. The molecule has 2 rings (SSSR count). The van der Waals surface area contributed by atoms with Crippen molar-refractivity contribution in [3.05, 3.63) is 29.8 Å². The molecule has 0 aliphatic carbocycles. The zero-order valence-corrected chi connectivity index (χ0v) is 11.7. The van der Waals surface area contributed by atoms with Gasteiger partial charge in [-0.05, 0) is 13.0 Å². The second-order valence-electron chi connectivity index (χ2n) is 4.92. The number of piperazine rings is 1. The minimum Gasteiger partial charge on any atom is -0.409 e. The topological polar surface area (TPSA) is 95.0 Å². The summed E-state index contributed by atoms with van der Waals surface area (Å²) in [5.41, 5.74) is 5.82. The molecule has 1 amide bonds. The van der Waals surface area contributed by atoms with Gasteiger partial charge in [-0.25, -0.2) is 4.39 Å². The van der Waals surface area contributed by atoms with Crippen LogP contribution < -0.4 is 5.73 Å². The van der Waals surface area contributed by atoms with E-state index in [1.165, 1.54) is 12.3 Å². The van der Waals surface area contributed by atoms with Gasteiger partial charge in [0.1, 0.15) is 5.82 Å². The van der Waals surface area contributed by atoms with Crippen molar-refractivity contribution >= 4 is 11.7 Å². The molecule has 0 radical (unpaired) electrons. The standard InChI is InChI=1S/C13H18FN5O2/c1-9(12(15)17-21)18-2-4-19(5-3-18)13(20)10-6-11(14)8-16-7-10/h6-9,21H,2-5H2,1H3,(H2,15,17). The number of oxime groups is 1. The Labute approximate surface area is 121 Å². The number of carbonyl (C=O) groups excluding carboxylic acids is 1. The van der Waals surface area contributed by atoms with Crippen molar-refractivity contribution in [3.8, 4) is 0 Å². The van der Waals surface area contributed by atoms with Crippen molar-refractivity contribution < 1.29 is 14.4 Å². The average molecular weight is 295 g/mol. The number of amides is 1. The summed E-state index contributed by atoms with van der Waals surface area (Å²) >= 11 is 0. The Hall–Kier alpha value is -2.22. The molecule has 0 spiro atoms. The normalized spacial score (nSPS) is 18.6. The van der Waals surface area contributed by atoms with Crippen LogP contribution in [-0.2, 0) is 0 Å². The van der Waals surface area contributed by atoms with E-state index in [-0.39, 0.29) is 23.3 Å². The van der Waals surface area contributed by atoms with Crippen LogP contribution >= 0.6 is 0 Å². The van der Waals surface area contributed by atoms with Crippen LogP contribution in [0.25, 0.3) is 0 Å². The Morgan fingerprint density at radius 1 is 1.43 bits per heavy atom. The maximum atomic E-state index is 13.1. The first-order chi connectivity index (χ1) is 10.0. The van der Waals surface area contributed by atoms with Gasteiger partial charge in [-0.15, -0.1) is 0 Å². The van der Waals surface area contributed by atoms with Gasteiger partial charge in [0.05, 0.1) is 17.8 Å². The molecule has 1 fully saturated rings. The molecule has 114 valence electrons. The minimum absolute atomic E-state index is 0.143. The van der Waals surface area contributed by atoms with Gasteiger partial charge < -0.3 is 15.8 Å². The molecule has 1 atom stereocenters. The highest BCUT2D eigenvalue weighted by Crippen LogP contribution is 2.11. The third-order valence-electron chi connectivity index (χ3n) is 3.64. The van der Waals surface area contributed by atoms with Gasteiger partial charge >= 0.3 is 0 Å². The van der Waals surface area contributed by atoms with Crippen molar-refractivity contribution in [1.82, 2.24) is 14.8 Å². The van der Waals surface area contributed by atoms with Crippen molar-refractivity contribution in [3.63, 3.8) is 0 Å². The van der Waals surface area contributed by atoms with Crippen LogP contribution in [0.2, 0.25) is 0 Å². The van der Waals surface area contributed by atoms with Gasteiger partial charge in [0.15, 0.2) is 5.84 Å². The first-order valence-corrected chi connectivity index (χ1v) is 6.64. The molecule has 1 aliphatic rings.